The molecule has 1 N–H and O–H groups in total. The van der Waals surface area contributed by atoms with Crippen LogP contribution in [-0.2, 0) is 6.54 Å². The Hall–Kier alpha value is -3.59. The molecule has 0 aliphatic rings. The average molecular weight is 381 g/mol. The van der Waals surface area contributed by atoms with Gasteiger partial charge in [0, 0.05) is 35.7 Å². The molecule has 27 heavy (non-hydrogen) atoms. The molecule has 4 rings (SSSR count). The van der Waals surface area contributed by atoms with E-state index in [0.29, 0.717) is 22.1 Å². The standard InChI is InChI=1S/C17H13ClN8O/c18-13-4-5-15(26-11-21-23-24-26)14(9-13)17(27)20-10-12-3-1-6-19-16(12)25-8-2-7-22-25/h1-9,11H,10H2,(H,20,27). The largest absolute Gasteiger partial charge is 0.348 e. The third-order valence-electron chi connectivity index (χ3n) is 3.83. The molecule has 0 atom stereocenters. The summed E-state index contributed by atoms with van der Waals surface area (Å²) in [6.45, 7) is 0.267. The summed E-state index contributed by atoms with van der Waals surface area (Å²) in [5, 5.41) is 18.6. The monoisotopic (exact) mass is 380 g/mol. The zero-order chi connectivity index (χ0) is 18.6. The highest BCUT2D eigenvalue weighted by Crippen LogP contribution is 2.19. The van der Waals surface area contributed by atoms with Gasteiger partial charge in [0.25, 0.3) is 5.91 Å². The topological polar surface area (TPSA) is 103 Å². The first kappa shape index (κ1) is 16.9. The van der Waals surface area contributed by atoms with Crippen LogP contribution >= 0.6 is 11.6 Å². The van der Waals surface area contributed by atoms with Gasteiger partial charge in [-0.25, -0.2) is 9.67 Å². The molecule has 0 saturated carbocycles. The van der Waals surface area contributed by atoms with Crippen LogP contribution in [0.1, 0.15) is 15.9 Å². The number of pyridine rings is 1. The summed E-state index contributed by atoms with van der Waals surface area (Å²) < 4.78 is 3.05. The maximum absolute atomic E-state index is 12.8. The van der Waals surface area contributed by atoms with Crippen molar-refractivity contribution in [1.82, 2.24) is 40.3 Å². The molecule has 4 aromatic rings. The molecule has 0 bridgehead atoms. The number of hydrogen-bond donors (Lipinski definition) is 1. The van der Waals surface area contributed by atoms with Gasteiger partial charge in [0.05, 0.1) is 11.3 Å². The highest BCUT2D eigenvalue weighted by Gasteiger charge is 2.15. The minimum Gasteiger partial charge on any atom is -0.348 e. The summed E-state index contributed by atoms with van der Waals surface area (Å²) in [6, 6.07) is 10.4. The fourth-order valence-corrected chi connectivity index (χ4v) is 2.77. The van der Waals surface area contributed by atoms with E-state index in [0.717, 1.165) is 5.56 Å². The molecule has 10 heteroatoms. The van der Waals surface area contributed by atoms with E-state index in [1.165, 1.54) is 11.0 Å². The Kier molecular flexibility index (Phi) is 4.58. The Balaban J connectivity index is 1.59. The number of rotatable bonds is 5. The number of aromatic nitrogens is 7. The van der Waals surface area contributed by atoms with Crippen LogP contribution in [0.5, 0.6) is 0 Å². The van der Waals surface area contributed by atoms with Crippen LogP contribution in [0.3, 0.4) is 0 Å². The van der Waals surface area contributed by atoms with Gasteiger partial charge < -0.3 is 5.32 Å². The van der Waals surface area contributed by atoms with Crippen LogP contribution in [0.2, 0.25) is 5.02 Å². The van der Waals surface area contributed by atoms with Crippen LogP contribution in [0.25, 0.3) is 11.5 Å². The van der Waals surface area contributed by atoms with Gasteiger partial charge >= 0.3 is 0 Å². The predicted molar refractivity (Wildman–Crippen MR) is 96.7 cm³/mol. The number of halogens is 1. The molecule has 9 nitrogen and oxygen atoms in total. The molecule has 0 saturated heterocycles. The average Bonchev–Trinajstić information content (AvgIpc) is 3.40. The number of hydrogen-bond acceptors (Lipinski definition) is 6. The smallest absolute Gasteiger partial charge is 0.253 e. The molecular weight excluding hydrogens is 368 g/mol. The van der Waals surface area contributed by atoms with E-state index in [4.69, 9.17) is 11.6 Å². The Labute approximate surface area is 158 Å². The lowest BCUT2D eigenvalue weighted by molar-refractivity contribution is 0.0950. The van der Waals surface area contributed by atoms with Crippen molar-refractivity contribution >= 4 is 17.5 Å². The van der Waals surface area contributed by atoms with Crippen molar-refractivity contribution in [3.8, 4) is 11.5 Å². The van der Waals surface area contributed by atoms with Crippen molar-refractivity contribution < 1.29 is 4.79 Å². The third kappa shape index (κ3) is 3.53. The van der Waals surface area contributed by atoms with Crippen molar-refractivity contribution in [2.45, 2.75) is 6.54 Å². The summed E-state index contributed by atoms with van der Waals surface area (Å²) in [5.74, 6) is 0.341. The third-order valence-corrected chi connectivity index (χ3v) is 4.06. The number of tetrazole rings is 1. The number of carbonyl (C=O) groups excluding carboxylic acids is 1. The number of carbonyl (C=O) groups is 1. The minimum absolute atomic E-state index is 0.267. The molecule has 1 aromatic carbocycles. The van der Waals surface area contributed by atoms with Crippen molar-refractivity contribution in [3.63, 3.8) is 0 Å². The molecule has 0 fully saturated rings. The lowest BCUT2D eigenvalue weighted by Gasteiger charge is -2.12. The van der Waals surface area contributed by atoms with Crippen LogP contribution in [0, 0.1) is 0 Å². The maximum Gasteiger partial charge on any atom is 0.253 e. The van der Waals surface area contributed by atoms with Gasteiger partial charge in [0.1, 0.15) is 6.33 Å². The summed E-state index contributed by atoms with van der Waals surface area (Å²) in [5.41, 5.74) is 1.71. The highest BCUT2D eigenvalue weighted by molar-refractivity contribution is 6.31. The summed E-state index contributed by atoms with van der Waals surface area (Å²) >= 11 is 6.07. The number of benzene rings is 1. The number of nitrogens with zero attached hydrogens (tertiary/aromatic N) is 7. The van der Waals surface area contributed by atoms with E-state index in [1.54, 1.807) is 53.6 Å². The molecule has 3 heterocycles. The van der Waals surface area contributed by atoms with E-state index in [1.807, 2.05) is 6.07 Å². The lowest BCUT2D eigenvalue weighted by Crippen LogP contribution is -2.25. The summed E-state index contributed by atoms with van der Waals surface area (Å²) in [4.78, 5) is 17.1. The Bertz CT molecular complexity index is 1060. The van der Waals surface area contributed by atoms with Gasteiger partial charge in [-0.1, -0.05) is 17.7 Å². The van der Waals surface area contributed by atoms with Crippen LogP contribution < -0.4 is 5.32 Å². The fraction of sp³-hybridized carbons (Fsp3) is 0.0588. The first-order valence-corrected chi connectivity index (χ1v) is 8.35. The lowest BCUT2D eigenvalue weighted by atomic mass is 10.1. The molecule has 0 aliphatic heterocycles. The molecular formula is C17H13ClN8O. The van der Waals surface area contributed by atoms with Gasteiger partial charge in [0.15, 0.2) is 5.82 Å². The molecule has 3 aromatic heterocycles. The molecule has 0 radical (unpaired) electrons. The quantitative estimate of drug-likeness (QED) is 0.566. The normalized spacial score (nSPS) is 10.7. The van der Waals surface area contributed by atoms with E-state index >= 15 is 0 Å². The van der Waals surface area contributed by atoms with Gasteiger partial charge in [-0.2, -0.15) is 9.78 Å². The van der Waals surface area contributed by atoms with E-state index in [-0.39, 0.29) is 12.5 Å². The first-order chi connectivity index (χ1) is 13.2. The van der Waals surface area contributed by atoms with Gasteiger partial charge in [-0.05, 0) is 40.8 Å². The van der Waals surface area contributed by atoms with Crippen molar-refractivity contribution in [1.29, 1.82) is 0 Å². The van der Waals surface area contributed by atoms with Gasteiger partial charge in [0.2, 0.25) is 0 Å². The molecule has 0 aliphatic carbocycles. The minimum atomic E-state index is -0.307. The van der Waals surface area contributed by atoms with Gasteiger partial charge in [-0.3, -0.25) is 4.79 Å². The number of nitrogens with one attached hydrogen (secondary N) is 1. The van der Waals surface area contributed by atoms with Crippen molar-refractivity contribution in [2.24, 2.45) is 0 Å². The Morgan fingerprint density at radius 2 is 2.07 bits per heavy atom. The first-order valence-electron chi connectivity index (χ1n) is 7.97. The molecule has 1 amide bonds. The zero-order valence-corrected chi connectivity index (χ0v) is 14.7. The van der Waals surface area contributed by atoms with Crippen molar-refractivity contribution in [3.05, 3.63) is 77.5 Å². The summed E-state index contributed by atoms with van der Waals surface area (Å²) in [7, 11) is 0. The Morgan fingerprint density at radius 1 is 1.15 bits per heavy atom. The fourth-order valence-electron chi connectivity index (χ4n) is 2.60. The van der Waals surface area contributed by atoms with Gasteiger partial charge in [-0.15, -0.1) is 5.10 Å². The maximum atomic E-state index is 12.8. The van der Waals surface area contributed by atoms with Crippen LogP contribution in [0.4, 0.5) is 0 Å². The van der Waals surface area contributed by atoms with E-state index in [9.17, 15) is 4.79 Å². The van der Waals surface area contributed by atoms with Crippen LogP contribution in [0.15, 0.2) is 61.3 Å². The predicted octanol–water partition coefficient (Wildman–Crippen LogP) is 1.83. The molecule has 134 valence electrons. The van der Waals surface area contributed by atoms with E-state index < -0.39 is 0 Å². The number of amides is 1. The Morgan fingerprint density at radius 3 is 2.85 bits per heavy atom. The molecule has 0 unspecified atom stereocenters. The second-order valence-electron chi connectivity index (χ2n) is 5.54. The van der Waals surface area contributed by atoms with Crippen LogP contribution in [-0.4, -0.2) is 40.9 Å². The second kappa shape index (κ2) is 7.34. The highest BCUT2D eigenvalue weighted by atomic mass is 35.5. The zero-order valence-electron chi connectivity index (χ0n) is 13.9. The van der Waals surface area contributed by atoms with E-state index in [2.05, 4.69) is 30.9 Å². The summed E-state index contributed by atoms with van der Waals surface area (Å²) in [6.07, 6.45) is 6.55. The van der Waals surface area contributed by atoms with Crippen molar-refractivity contribution in [2.75, 3.05) is 0 Å². The second-order valence-corrected chi connectivity index (χ2v) is 5.97. The SMILES string of the molecule is O=C(NCc1cccnc1-n1cccn1)c1cc(Cl)ccc1-n1cnnn1. The molecule has 0 spiro atoms.